The topological polar surface area (TPSA) is 50.7 Å². The predicted molar refractivity (Wildman–Crippen MR) is 72.4 cm³/mol. The summed E-state index contributed by atoms with van der Waals surface area (Å²) in [5.74, 6) is 0.503. The SMILES string of the molecule is COc1ccccc1/C=N\NC(=O)c1cccs1. The van der Waals surface area contributed by atoms with Crippen LogP contribution in [0.1, 0.15) is 15.2 Å². The number of nitrogens with zero attached hydrogens (tertiary/aromatic N) is 1. The Hall–Kier alpha value is -2.14. The lowest BCUT2D eigenvalue weighted by Crippen LogP contribution is -2.16. The molecule has 0 saturated carbocycles. The highest BCUT2D eigenvalue weighted by Gasteiger charge is 2.04. The van der Waals surface area contributed by atoms with Crippen molar-refractivity contribution >= 4 is 23.5 Å². The third-order valence-electron chi connectivity index (χ3n) is 2.25. The smallest absolute Gasteiger partial charge is 0.281 e. The molecular formula is C13H12N2O2S. The lowest BCUT2D eigenvalue weighted by molar-refractivity contribution is 0.0959. The minimum absolute atomic E-state index is 0.212. The van der Waals surface area contributed by atoms with E-state index < -0.39 is 0 Å². The maximum atomic E-state index is 11.6. The molecule has 2 aromatic rings. The van der Waals surface area contributed by atoms with Crippen LogP contribution in [0, 0.1) is 0 Å². The van der Waals surface area contributed by atoms with E-state index in [9.17, 15) is 4.79 Å². The number of thiophene rings is 1. The largest absolute Gasteiger partial charge is 0.496 e. The van der Waals surface area contributed by atoms with Gasteiger partial charge >= 0.3 is 0 Å². The molecular weight excluding hydrogens is 248 g/mol. The maximum Gasteiger partial charge on any atom is 0.281 e. The van der Waals surface area contributed by atoms with Gasteiger partial charge in [-0.2, -0.15) is 5.10 Å². The first-order valence-electron chi connectivity index (χ1n) is 5.31. The first-order valence-corrected chi connectivity index (χ1v) is 6.19. The van der Waals surface area contributed by atoms with Gasteiger partial charge in [0.25, 0.3) is 5.91 Å². The zero-order valence-electron chi connectivity index (χ0n) is 9.79. The fourth-order valence-corrected chi connectivity index (χ4v) is 2.01. The monoisotopic (exact) mass is 260 g/mol. The van der Waals surface area contributed by atoms with Crippen molar-refractivity contribution in [3.05, 3.63) is 52.2 Å². The molecule has 1 aromatic carbocycles. The van der Waals surface area contributed by atoms with Crippen molar-refractivity contribution in [2.75, 3.05) is 7.11 Å². The molecule has 4 nitrogen and oxygen atoms in total. The third-order valence-corrected chi connectivity index (χ3v) is 3.12. The summed E-state index contributed by atoms with van der Waals surface area (Å²) < 4.78 is 5.17. The average Bonchev–Trinajstić information content (AvgIpc) is 2.93. The van der Waals surface area contributed by atoms with E-state index in [0.717, 1.165) is 5.56 Å². The summed E-state index contributed by atoms with van der Waals surface area (Å²) in [7, 11) is 1.59. The van der Waals surface area contributed by atoms with Crippen LogP contribution in [-0.2, 0) is 0 Å². The van der Waals surface area contributed by atoms with Gasteiger partial charge in [0, 0.05) is 5.56 Å². The van der Waals surface area contributed by atoms with Gasteiger partial charge in [0.1, 0.15) is 5.75 Å². The van der Waals surface area contributed by atoms with Gasteiger partial charge in [-0.1, -0.05) is 18.2 Å². The quantitative estimate of drug-likeness (QED) is 0.678. The zero-order chi connectivity index (χ0) is 12.8. The second-order valence-electron chi connectivity index (χ2n) is 3.42. The van der Waals surface area contributed by atoms with E-state index in [1.54, 1.807) is 19.4 Å². The van der Waals surface area contributed by atoms with Gasteiger partial charge in [-0.05, 0) is 23.6 Å². The van der Waals surface area contributed by atoms with Crippen LogP contribution >= 0.6 is 11.3 Å². The highest BCUT2D eigenvalue weighted by molar-refractivity contribution is 7.12. The number of rotatable bonds is 4. The molecule has 18 heavy (non-hydrogen) atoms. The Labute approximate surface area is 109 Å². The fourth-order valence-electron chi connectivity index (χ4n) is 1.40. The first-order chi connectivity index (χ1) is 8.81. The van der Waals surface area contributed by atoms with Crippen LogP contribution in [0.4, 0.5) is 0 Å². The van der Waals surface area contributed by atoms with E-state index in [4.69, 9.17) is 4.74 Å². The van der Waals surface area contributed by atoms with Crippen molar-refractivity contribution in [3.8, 4) is 5.75 Å². The second kappa shape index (κ2) is 5.97. The summed E-state index contributed by atoms with van der Waals surface area (Å²) in [6.07, 6.45) is 1.56. The van der Waals surface area contributed by atoms with Crippen molar-refractivity contribution in [3.63, 3.8) is 0 Å². The number of carbonyl (C=O) groups is 1. The Morgan fingerprint density at radius 1 is 1.33 bits per heavy atom. The number of hydrogen-bond acceptors (Lipinski definition) is 4. The Morgan fingerprint density at radius 3 is 2.89 bits per heavy atom. The number of hydrazone groups is 1. The van der Waals surface area contributed by atoms with Crippen LogP contribution in [-0.4, -0.2) is 19.2 Å². The molecule has 92 valence electrons. The van der Waals surface area contributed by atoms with Crippen LogP contribution in [0.3, 0.4) is 0 Å². The van der Waals surface area contributed by atoms with Gasteiger partial charge < -0.3 is 4.74 Å². The van der Waals surface area contributed by atoms with Crippen LogP contribution in [0.5, 0.6) is 5.75 Å². The van der Waals surface area contributed by atoms with Crippen LogP contribution in [0.25, 0.3) is 0 Å². The van der Waals surface area contributed by atoms with Gasteiger partial charge in [0.05, 0.1) is 18.2 Å². The molecule has 0 bridgehead atoms. The van der Waals surface area contributed by atoms with E-state index in [1.807, 2.05) is 35.7 Å². The maximum absolute atomic E-state index is 11.6. The molecule has 0 aliphatic carbocycles. The summed E-state index contributed by atoms with van der Waals surface area (Å²) in [4.78, 5) is 12.2. The molecule has 1 heterocycles. The van der Waals surface area contributed by atoms with Gasteiger partial charge in [0.2, 0.25) is 0 Å². The van der Waals surface area contributed by atoms with Gasteiger partial charge in [-0.25, -0.2) is 5.43 Å². The van der Waals surface area contributed by atoms with Gasteiger partial charge in [-0.3, -0.25) is 4.79 Å². The summed E-state index contributed by atoms with van der Waals surface area (Å²) in [5, 5.41) is 5.75. The van der Waals surface area contributed by atoms with E-state index in [1.165, 1.54) is 11.3 Å². The second-order valence-corrected chi connectivity index (χ2v) is 4.37. The van der Waals surface area contributed by atoms with Crippen molar-refractivity contribution in [2.45, 2.75) is 0 Å². The molecule has 0 unspecified atom stereocenters. The van der Waals surface area contributed by atoms with Gasteiger partial charge in [-0.15, -0.1) is 11.3 Å². The predicted octanol–water partition coefficient (Wildman–Crippen LogP) is 2.52. The number of benzene rings is 1. The zero-order valence-corrected chi connectivity index (χ0v) is 10.6. The average molecular weight is 260 g/mol. The van der Waals surface area contributed by atoms with Crippen molar-refractivity contribution < 1.29 is 9.53 Å². The molecule has 0 atom stereocenters. The van der Waals surface area contributed by atoms with E-state index in [0.29, 0.717) is 10.6 Å². The highest BCUT2D eigenvalue weighted by atomic mass is 32.1. The van der Waals surface area contributed by atoms with E-state index in [2.05, 4.69) is 10.5 Å². The Bertz CT molecular complexity index is 550. The number of nitrogens with one attached hydrogen (secondary N) is 1. The molecule has 2 rings (SSSR count). The lowest BCUT2D eigenvalue weighted by Gasteiger charge is -2.02. The summed E-state index contributed by atoms with van der Waals surface area (Å²) in [6.45, 7) is 0. The molecule has 5 heteroatoms. The van der Waals surface area contributed by atoms with Crippen molar-refractivity contribution in [2.24, 2.45) is 5.10 Å². The standard InChI is InChI=1S/C13H12N2O2S/c1-17-11-6-3-2-5-10(11)9-14-15-13(16)12-7-4-8-18-12/h2-9H,1H3,(H,15,16)/b14-9-. The van der Waals surface area contributed by atoms with Gasteiger partial charge in [0.15, 0.2) is 0 Å². The Morgan fingerprint density at radius 2 is 2.17 bits per heavy atom. The lowest BCUT2D eigenvalue weighted by atomic mass is 10.2. The fraction of sp³-hybridized carbons (Fsp3) is 0.0769. The van der Waals surface area contributed by atoms with E-state index >= 15 is 0 Å². The summed E-state index contributed by atoms with van der Waals surface area (Å²) in [5.41, 5.74) is 3.28. The molecule has 0 aliphatic rings. The molecule has 1 amide bonds. The number of carbonyl (C=O) groups excluding carboxylic acids is 1. The molecule has 1 N–H and O–H groups in total. The first kappa shape index (κ1) is 12.3. The van der Waals surface area contributed by atoms with Crippen LogP contribution < -0.4 is 10.2 Å². The minimum atomic E-state index is -0.212. The number of amides is 1. The Kier molecular flexibility index (Phi) is 4.09. The highest BCUT2D eigenvalue weighted by Crippen LogP contribution is 2.14. The number of hydrogen-bond donors (Lipinski definition) is 1. The Balaban J connectivity index is 2.01. The molecule has 0 fully saturated rings. The molecule has 0 radical (unpaired) electrons. The normalized spacial score (nSPS) is 10.5. The van der Waals surface area contributed by atoms with E-state index in [-0.39, 0.29) is 5.91 Å². The van der Waals surface area contributed by atoms with Crippen molar-refractivity contribution in [1.82, 2.24) is 5.43 Å². The molecule has 1 aromatic heterocycles. The molecule has 0 saturated heterocycles. The number of ether oxygens (including phenoxy) is 1. The third kappa shape index (κ3) is 2.95. The minimum Gasteiger partial charge on any atom is -0.496 e. The molecule has 0 aliphatic heterocycles. The molecule has 0 spiro atoms. The summed E-state index contributed by atoms with van der Waals surface area (Å²) >= 11 is 1.37. The summed E-state index contributed by atoms with van der Waals surface area (Å²) in [6, 6.07) is 11.0. The van der Waals surface area contributed by atoms with Crippen LogP contribution in [0.15, 0.2) is 46.9 Å². The van der Waals surface area contributed by atoms with Crippen molar-refractivity contribution in [1.29, 1.82) is 0 Å². The number of methoxy groups -OCH3 is 1. The van der Waals surface area contributed by atoms with Crippen LogP contribution in [0.2, 0.25) is 0 Å². The number of para-hydroxylation sites is 1.